The van der Waals surface area contributed by atoms with Crippen molar-refractivity contribution in [1.29, 1.82) is 0 Å². The normalized spacial score (nSPS) is 22.9. The van der Waals surface area contributed by atoms with Gasteiger partial charge < -0.3 is 19.3 Å². The summed E-state index contributed by atoms with van der Waals surface area (Å²) in [6, 6.07) is 14.9. The largest absolute Gasteiger partial charge is 0.493 e. The van der Waals surface area contributed by atoms with E-state index in [2.05, 4.69) is 34.1 Å². The number of amides is 1. The number of benzene rings is 2. The van der Waals surface area contributed by atoms with Gasteiger partial charge in [0, 0.05) is 61.8 Å². The molecular formula is C30H40ClN3O3. The van der Waals surface area contributed by atoms with E-state index < -0.39 is 0 Å². The molecule has 5 rings (SSSR count). The second-order valence-corrected chi connectivity index (χ2v) is 11.5. The molecule has 6 nitrogen and oxygen atoms in total. The summed E-state index contributed by atoms with van der Waals surface area (Å²) in [5.41, 5.74) is 3.43. The number of halogens is 1. The lowest BCUT2D eigenvalue weighted by atomic mass is 9.77. The summed E-state index contributed by atoms with van der Waals surface area (Å²) in [6.07, 6.45) is 5.13. The molecule has 1 amide bonds. The van der Waals surface area contributed by atoms with E-state index >= 15 is 0 Å². The molecule has 200 valence electrons. The van der Waals surface area contributed by atoms with E-state index in [1.54, 1.807) is 0 Å². The summed E-state index contributed by atoms with van der Waals surface area (Å²) in [7, 11) is 0. The van der Waals surface area contributed by atoms with Crippen LogP contribution in [0.2, 0.25) is 5.02 Å². The second-order valence-electron chi connectivity index (χ2n) is 11.0. The quantitative estimate of drug-likeness (QED) is 0.476. The van der Waals surface area contributed by atoms with Crippen molar-refractivity contribution < 1.29 is 14.3 Å². The summed E-state index contributed by atoms with van der Waals surface area (Å²) in [6.45, 7) is 10.2. The van der Waals surface area contributed by atoms with Crippen molar-refractivity contribution in [3.8, 4) is 5.75 Å². The first kappa shape index (κ1) is 26.3. The Bertz CT molecular complexity index is 1050. The van der Waals surface area contributed by atoms with Gasteiger partial charge in [0.25, 0.3) is 0 Å². The molecule has 0 aromatic heterocycles. The van der Waals surface area contributed by atoms with Gasteiger partial charge in [-0.15, -0.1) is 0 Å². The number of morpholine rings is 1. The number of rotatable bonds is 8. The monoisotopic (exact) mass is 525 g/mol. The van der Waals surface area contributed by atoms with Crippen LogP contribution in [0, 0.1) is 12.3 Å². The van der Waals surface area contributed by atoms with Crippen LogP contribution in [0.25, 0.3) is 0 Å². The number of carbonyl (C=O) groups excluding carboxylic acids is 1. The lowest BCUT2D eigenvalue weighted by Gasteiger charge is -2.43. The Hall–Kier alpha value is -2.28. The molecule has 37 heavy (non-hydrogen) atoms. The lowest BCUT2D eigenvalue weighted by molar-refractivity contribution is -0.139. The molecule has 2 aromatic rings. The summed E-state index contributed by atoms with van der Waals surface area (Å²) in [4.78, 5) is 20.3. The molecule has 0 bridgehead atoms. The fourth-order valence-electron chi connectivity index (χ4n) is 5.99. The average Bonchev–Trinajstić information content (AvgIpc) is 3.46. The number of aryl methyl sites for hydroxylation is 1. The molecule has 0 N–H and O–H groups in total. The van der Waals surface area contributed by atoms with Crippen molar-refractivity contribution >= 4 is 23.2 Å². The van der Waals surface area contributed by atoms with Gasteiger partial charge in [-0.3, -0.25) is 9.69 Å². The van der Waals surface area contributed by atoms with Gasteiger partial charge in [-0.25, -0.2) is 0 Å². The van der Waals surface area contributed by atoms with Crippen molar-refractivity contribution in [1.82, 2.24) is 9.80 Å². The number of nitrogens with zero attached hydrogens (tertiary/aromatic N) is 3. The Labute approximate surface area is 226 Å². The van der Waals surface area contributed by atoms with Crippen LogP contribution in [0.4, 0.5) is 5.69 Å². The number of piperidine rings is 1. The third-order valence-electron chi connectivity index (χ3n) is 8.12. The summed E-state index contributed by atoms with van der Waals surface area (Å²) < 4.78 is 11.8. The van der Waals surface area contributed by atoms with E-state index in [1.807, 2.05) is 30.0 Å². The van der Waals surface area contributed by atoms with Crippen molar-refractivity contribution in [3.05, 3.63) is 58.6 Å². The zero-order chi connectivity index (χ0) is 25.7. The van der Waals surface area contributed by atoms with Gasteiger partial charge in [0.05, 0.1) is 19.8 Å². The zero-order valence-electron chi connectivity index (χ0n) is 22.1. The van der Waals surface area contributed by atoms with Crippen LogP contribution in [-0.4, -0.2) is 74.8 Å². The topological polar surface area (TPSA) is 45.2 Å². The third-order valence-corrected chi connectivity index (χ3v) is 8.54. The van der Waals surface area contributed by atoms with Crippen LogP contribution in [-0.2, 0) is 16.1 Å². The van der Waals surface area contributed by atoms with Crippen LogP contribution >= 0.6 is 11.6 Å². The van der Waals surface area contributed by atoms with Crippen molar-refractivity contribution in [2.45, 2.75) is 45.6 Å². The zero-order valence-corrected chi connectivity index (χ0v) is 22.8. The number of hydrogen-bond acceptors (Lipinski definition) is 5. The molecule has 3 fully saturated rings. The van der Waals surface area contributed by atoms with Crippen LogP contribution in [0.3, 0.4) is 0 Å². The van der Waals surface area contributed by atoms with Gasteiger partial charge in [0.2, 0.25) is 5.91 Å². The summed E-state index contributed by atoms with van der Waals surface area (Å²) in [5.74, 6) is 1.03. The maximum Gasteiger partial charge on any atom is 0.223 e. The molecule has 3 aliphatic rings. The standard InChI is InChI=1S/C30H40ClN3O3/c1-24-19-27(9-10-28(24)31)37-23-30(20-29(35)34-15-17-36-18-16-34)11-4-12-32(22-30)21-25-5-7-26(8-6-25)33-13-2-3-14-33/h5-10,19H,2-4,11-18,20-23H2,1H3/t30-/m0/s1. The van der Waals surface area contributed by atoms with Gasteiger partial charge in [-0.1, -0.05) is 23.7 Å². The predicted octanol–water partition coefficient (Wildman–Crippen LogP) is 5.16. The molecule has 0 aliphatic carbocycles. The first-order valence-corrected chi connectivity index (χ1v) is 14.2. The van der Waals surface area contributed by atoms with E-state index in [0.717, 1.165) is 61.9 Å². The SMILES string of the molecule is Cc1cc(OC[C@]2(CC(=O)N3CCOCC3)CCCN(Cc3ccc(N4CCCC4)cc3)C2)ccc1Cl. The Kier molecular flexibility index (Phi) is 8.58. The van der Waals surface area contributed by atoms with E-state index in [-0.39, 0.29) is 11.3 Å². The van der Waals surface area contributed by atoms with Crippen LogP contribution < -0.4 is 9.64 Å². The van der Waals surface area contributed by atoms with Gasteiger partial charge in [-0.2, -0.15) is 0 Å². The molecule has 3 heterocycles. The molecule has 0 saturated carbocycles. The number of hydrogen-bond donors (Lipinski definition) is 0. The van der Waals surface area contributed by atoms with Gasteiger partial charge in [0.15, 0.2) is 0 Å². The fourth-order valence-corrected chi connectivity index (χ4v) is 6.11. The maximum absolute atomic E-state index is 13.4. The smallest absolute Gasteiger partial charge is 0.223 e. The Morgan fingerprint density at radius 1 is 1.00 bits per heavy atom. The van der Waals surface area contributed by atoms with Crippen molar-refractivity contribution in [2.24, 2.45) is 5.41 Å². The minimum absolute atomic E-state index is 0.219. The van der Waals surface area contributed by atoms with Crippen molar-refractivity contribution in [2.75, 3.05) is 64.0 Å². The predicted molar refractivity (Wildman–Crippen MR) is 149 cm³/mol. The van der Waals surface area contributed by atoms with E-state index in [4.69, 9.17) is 21.1 Å². The average molecular weight is 526 g/mol. The van der Waals surface area contributed by atoms with E-state index in [0.29, 0.717) is 39.3 Å². The fraction of sp³-hybridized carbons (Fsp3) is 0.567. The summed E-state index contributed by atoms with van der Waals surface area (Å²) >= 11 is 6.23. The highest BCUT2D eigenvalue weighted by Gasteiger charge is 2.39. The number of anilines is 1. The molecule has 7 heteroatoms. The Balaban J connectivity index is 1.28. The van der Waals surface area contributed by atoms with E-state index in [1.165, 1.54) is 24.1 Å². The van der Waals surface area contributed by atoms with Crippen LogP contribution in [0.15, 0.2) is 42.5 Å². The minimum atomic E-state index is -0.226. The first-order chi connectivity index (χ1) is 18.0. The summed E-state index contributed by atoms with van der Waals surface area (Å²) in [5, 5.41) is 0.740. The second kappa shape index (κ2) is 12.1. The molecule has 0 spiro atoms. The van der Waals surface area contributed by atoms with Crippen LogP contribution in [0.5, 0.6) is 5.75 Å². The highest BCUT2D eigenvalue weighted by atomic mass is 35.5. The molecule has 2 aromatic carbocycles. The number of carbonyl (C=O) groups is 1. The minimum Gasteiger partial charge on any atom is -0.493 e. The van der Waals surface area contributed by atoms with Crippen LogP contribution in [0.1, 0.15) is 43.2 Å². The molecule has 3 saturated heterocycles. The van der Waals surface area contributed by atoms with Gasteiger partial charge in [-0.05, 0) is 80.6 Å². The lowest BCUT2D eigenvalue weighted by Crippen LogP contribution is -2.50. The highest BCUT2D eigenvalue weighted by Crippen LogP contribution is 2.36. The first-order valence-electron chi connectivity index (χ1n) is 13.8. The molecule has 3 aliphatic heterocycles. The molecule has 0 radical (unpaired) electrons. The Morgan fingerprint density at radius 3 is 2.49 bits per heavy atom. The van der Waals surface area contributed by atoms with Gasteiger partial charge >= 0.3 is 0 Å². The molecular weight excluding hydrogens is 486 g/mol. The Morgan fingerprint density at radius 2 is 1.76 bits per heavy atom. The number of likely N-dealkylation sites (tertiary alicyclic amines) is 1. The van der Waals surface area contributed by atoms with Gasteiger partial charge in [0.1, 0.15) is 5.75 Å². The van der Waals surface area contributed by atoms with E-state index in [9.17, 15) is 4.79 Å². The van der Waals surface area contributed by atoms with Crippen molar-refractivity contribution in [3.63, 3.8) is 0 Å². The number of ether oxygens (including phenoxy) is 2. The molecule has 1 atom stereocenters. The highest BCUT2D eigenvalue weighted by molar-refractivity contribution is 6.31. The maximum atomic E-state index is 13.4. The molecule has 0 unspecified atom stereocenters. The third kappa shape index (κ3) is 6.78.